The van der Waals surface area contributed by atoms with Gasteiger partial charge in [0, 0.05) is 34.4 Å². The van der Waals surface area contributed by atoms with Crippen LogP contribution in [0.3, 0.4) is 0 Å². The first kappa shape index (κ1) is 17.7. The lowest BCUT2D eigenvalue weighted by atomic mass is 10.2. The molecule has 2 amide bonds. The number of amides is 2. The number of urea groups is 1. The van der Waals surface area contributed by atoms with Crippen molar-refractivity contribution in [1.29, 1.82) is 0 Å². The average Bonchev–Trinajstić information content (AvgIpc) is 3.02. The summed E-state index contributed by atoms with van der Waals surface area (Å²) < 4.78 is 2.25. The molecule has 3 aromatic rings. The molecule has 0 radical (unpaired) electrons. The van der Waals surface area contributed by atoms with Crippen LogP contribution in [0.25, 0.3) is 10.9 Å². The van der Waals surface area contributed by atoms with Crippen molar-refractivity contribution in [1.82, 2.24) is 9.99 Å². The number of anilines is 1. The van der Waals surface area contributed by atoms with E-state index in [-0.39, 0.29) is 6.03 Å². The Morgan fingerprint density at radius 1 is 1.19 bits per heavy atom. The van der Waals surface area contributed by atoms with Gasteiger partial charge < -0.3 is 9.88 Å². The van der Waals surface area contributed by atoms with Gasteiger partial charge in [-0.15, -0.1) is 0 Å². The van der Waals surface area contributed by atoms with Crippen LogP contribution in [0, 0.1) is 6.92 Å². The van der Waals surface area contributed by atoms with Crippen LogP contribution < -0.4 is 10.7 Å². The van der Waals surface area contributed by atoms with E-state index >= 15 is 0 Å². The number of nitrogens with zero attached hydrogens (tertiary/aromatic N) is 2. The Balaban J connectivity index is 1.74. The Morgan fingerprint density at radius 2 is 1.92 bits per heavy atom. The number of carbonyl (C=O) groups is 1. The summed E-state index contributed by atoms with van der Waals surface area (Å²) in [6.45, 7) is 6.31. The SMILES string of the molecule is CCC(C)n1cc(C=NNC(=O)Nc2ccccc2C)c2ccccc21. The monoisotopic (exact) mass is 348 g/mol. The lowest BCUT2D eigenvalue weighted by Crippen LogP contribution is -2.24. The minimum atomic E-state index is -0.360. The zero-order chi connectivity index (χ0) is 18.5. The van der Waals surface area contributed by atoms with Crippen molar-refractivity contribution in [2.75, 3.05) is 5.32 Å². The third kappa shape index (κ3) is 3.77. The highest BCUT2D eigenvalue weighted by molar-refractivity contribution is 6.00. The maximum atomic E-state index is 12.0. The number of fused-ring (bicyclic) bond motifs is 1. The molecule has 5 nitrogen and oxygen atoms in total. The smallest absolute Gasteiger partial charge is 0.339 e. The first-order valence-corrected chi connectivity index (χ1v) is 8.85. The van der Waals surface area contributed by atoms with Crippen LogP contribution in [0.4, 0.5) is 10.5 Å². The van der Waals surface area contributed by atoms with E-state index in [1.54, 1.807) is 6.21 Å². The van der Waals surface area contributed by atoms with Gasteiger partial charge in [0.15, 0.2) is 0 Å². The largest absolute Gasteiger partial charge is 0.344 e. The molecule has 0 aliphatic rings. The van der Waals surface area contributed by atoms with Crippen LogP contribution in [0.2, 0.25) is 0 Å². The molecule has 134 valence electrons. The normalized spacial score (nSPS) is 12.4. The molecule has 1 aromatic heterocycles. The van der Waals surface area contributed by atoms with Crippen LogP contribution in [-0.2, 0) is 0 Å². The van der Waals surface area contributed by atoms with Crippen molar-refractivity contribution in [3.8, 4) is 0 Å². The van der Waals surface area contributed by atoms with Crippen molar-refractivity contribution >= 4 is 28.8 Å². The molecule has 2 aromatic carbocycles. The molecule has 0 aliphatic heterocycles. The summed E-state index contributed by atoms with van der Waals surface area (Å²) >= 11 is 0. The molecular formula is C21H24N4O. The van der Waals surface area contributed by atoms with Gasteiger partial charge in [0.25, 0.3) is 0 Å². The number of hydrazone groups is 1. The molecule has 1 atom stereocenters. The number of carbonyl (C=O) groups excluding carboxylic acids is 1. The highest BCUT2D eigenvalue weighted by atomic mass is 16.2. The Morgan fingerprint density at radius 3 is 2.69 bits per heavy atom. The number of hydrogen-bond acceptors (Lipinski definition) is 2. The van der Waals surface area contributed by atoms with E-state index in [4.69, 9.17) is 0 Å². The Hall–Kier alpha value is -3.08. The quantitative estimate of drug-likeness (QED) is 0.490. The van der Waals surface area contributed by atoms with Gasteiger partial charge >= 0.3 is 6.03 Å². The molecule has 0 saturated carbocycles. The molecule has 5 heteroatoms. The molecule has 26 heavy (non-hydrogen) atoms. The molecule has 0 saturated heterocycles. The minimum Gasteiger partial charge on any atom is -0.344 e. The summed E-state index contributed by atoms with van der Waals surface area (Å²) in [5.41, 5.74) is 6.47. The summed E-state index contributed by atoms with van der Waals surface area (Å²) in [6.07, 6.45) is 4.83. The van der Waals surface area contributed by atoms with Crippen LogP contribution >= 0.6 is 0 Å². The summed E-state index contributed by atoms with van der Waals surface area (Å²) in [5.74, 6) is 0. The predicted molar refractivity (Wildman–Crippen MR) is 108 cm³/mol. The lowest BCUT2D eigenvalue weighted by Gasteiger charge is -2.12. The number of para-hydroxylation sites is 2. The Labute approximate surface area is 153 Å². The van der Waals surface area contributed by atoms with E-state index in [1.165, 1.54) is 5.52 Å². The predicted octanol–water partition coefficient (Wildman–Crippen LogP) is 5.08. The fourth-order valence-electron chi connectivity index (χ4n) is 2.92. The van der Waals surface area contributed by atoms with Gasteiger partial charge in [-0.25, -0.2) is 10.2 Å². The van der Waals surface area contributed by atoms with Gasteiger partial charge in [0.2, 0.25) is 0 Å². The number of hydrogen-bond donors (Lipinski definition) is 2. The lowest BCUT2D eigenvalue weighted by molar-refractivity contribution is 0.252. The summed E-state index contributed by atoms with van der Waals surface area (Å²) in [5, 5.41) is 8.04. The van der Waals surface area contributed by atoms with Gasteiger partial charge in [0.1, 0.15) is 0 Å². The zero-order valence-corrected chi connectivity index (χ0v) is 15.4. The van der Waals surface area contributed by atoms with Crippen LogP contribution in [-0.4, -0.2) is 16.8 Å². The molecule has 0 aliphatic carbocycles. The van der Waals surface area contributed by atoms with Crippen LogP contribution in [0.15, 0.2) is 59.8 Å². The van der Waals surface area contributed by atoms with E-state index in [9.17, 15) is 4.79 Å². The number of aromatic nitrogens is 1. The third-order valence-corrected chi connectivity index (χ3v) is 4.60. The molecule has 0 spiro atoms. The first-order chi connectivity index (χ1) is 12.6. The Kier molecular flexibility index (Phi) is 5.37. The van der Waals surface area contributed by atoms with Crippen molar-refractivity contribution in [2.45, 2.75) is 33.2 Å². The molecular weight excluding hydrogens is 324 g/mol. The molecule has 3 rings (SSSR count). The maximum Gasteiger partial charge on any atom is 0.339 e. The third-order valence-electron chi connectivity index (χ3n) is 4.60. The molecule has 1 heterocycles. The second-order valence-electron chi connectivity index (χ2n) is 6.41. The Bertz CT molecular complexity index is 942. The van der Waals surface area contributed by atoms with Gasteiger partial charge in [-0.1, -0.05) is 43.3 Å². The van der Waals surface area contributed by atoms with Crippen molar-refractivity contribution < 1.29 is 4.79 Å². The standard InChI is InChI=1S/C21H24N4O/c1-4-16(3)25-14-17(18-10-6-8-12-20(18)25)13-22-24-21(26)23-19-11-7-5-9-15(19)2/h5-14,16H,4H2,1-3H3,(H2,23,24,26). The molecule has 2 N–H and O–H groups in total. The van der Waals surface area contributed by atoms with Crippen molar-refractivity contribution in [3.05, 3.63) is 65.9 Å². The number of benzene rings is 2. The average molecular weight is 348 g/mol. The van der Waals surface area contributed by atoms with Crippen molar-refractivity contribution in [3.63, 3.8) is 0 Å². The van der Waals surface area contributed by atoms with Gasteiger partial charge in [-0.05, 0) is 38.0 Å². The molecule has 0 bridgehead atoms. The highest BCUT2D eigenvalue weighted by Crippen LogP contribution is 2.24. The van der Waals surface area contributed by atoms with E-state index in [0.717, 1.165) is 28.6 Å². The van der Waals surface area contributed by atoms with Gasteiger partial charge in [-0.3, -0.25) is 0 Å². The van der Waals surface area contributed by atoms with Gasteiger partial charge in [0.05, 0.1) is 6.21 Å². The van der Waals surface area contributed by atoms with E-state index in [2.05, 4.69) is 52.6 Å². The van der Waals surface area contributed by atoms with Crippen molar-refractivity contribution in [2.24, 2.45) is 5.10 Å². The molecule has 0 fully saturated rings. The topological polar surface area (TPSA) is 58.4 Å². The number of aryl methyl sites for hydroxylation is 1. The number of rotatable bonds is 5. The van der Waals surface area contributed by atoms with Crippen LogP contribution in [0.5, 0.6) is 0 Å². The fraction of sp³-hybridized carbons (Fsp3) is 0.238. The highest BCUT2D eigenvalue weighted by Gasteiger charge is 2.10. The summed E-state index contributed by atoms with van der Waals surface area (Å²) in [7, 11) is 0. The zero-order valence-electron chi connectivity index (χ0n) is 15.4. The maximum absolute atomic E-state index is 12.0. The second-order valence-corrected chi connectivity index (χ2v) is 6.41. The van der Waals surface area contributed by atoms with E-state index in [1.807, 2.05) is 43.3 Å². The van der Waals surface area contributed by atoms with E-state index in [0.29, 0.717) is 6.04 Å². The van der Waals surface area contributed by atoms with E-state index < -0.39 is 0 Å². The minimum absolute atomic E-state index is 0.360. The fourth-order valence-corrected chi connectivity index (χ4v) is 2.92. The summed E-state index contributed by atoms with van der Waals surface area (Å²) in [4.78, 5) is 12.0. The first-order valence-electron chi connectivity index (χ1n) is 8.85. The summed E-state index contributed by atoms with van der Waals surface area (Å²) in [6, 6.07) is 15.9. The van der Waals surface area contributed by atoms with Crippen LogP contribution in [0.1, 0.15) is 37.4 Å². The van der Waals surface area contributed by atoms with Gasteiger partial charge in [-0.2, -0.15) is 5.10 Å². The number of nitrogens with one attached hydrogen (secondary N) is 2. The molecule has 1 unspecified atom stereocenters. The second kappa shape index (κ2) is 7.87.